The van der Waals surface area contributed by atoms with Gasteiger partial charge in [-0.1, -0.05) is 60.7 Å². The number of aromatic carboxylic acids is 1. The van der Waals surface area contributed by atoms with Crippen molar-refractivity contribution in [3.05, 3.63) is 113 Å². The summed E-state index contributed by atoms with van der Waals surface area (Å²) >= 11 is 1.48. The van der Waals surface area contributed by atoms with Crippen molar-refractivity contribution in [2.24, 2.45) is 0 Å². The van der Waals surface area contributed by atoms with Crippen LogP contribution in [0.3, 0.4) is 0 Å². The SMILES string of the molecule is O=C1C(=O)N(c2cccc(C(=O)O)c2)C(c2ccc(-c3nccs3)cc2)/C1=C(\O)c1ccccc1. The predicted octanol–water partition coefficient (Wildman–Crippen LogP) is 5.13. The molecule has 1 amide bonds. The van der Waals surface area contributed by atoms with Crippen LogP contribution in [-0.4, -0.2) is 32.9 Å². The van der Waals surface area contributed by atoms with E-state index in [0.717, 1.165) is 10.6 Å². The highest BCUT2D eigenvalue weighted by Crippen LogP contribution is 2.42. The topological polar surface area (TPSA) is 108 Å². The molecule has 1 atom stereocenters. The molecule has 172 valence electrons. The molecule has 35 heavy (non-hydrogen) atoms. The number of nitrogens with zero attached hydrogens (tertiary/aromatic N) is 2. The van der Waals surface area contributed by atoms with Crippen LogP contribution in [-0.2, 0) is 9.59 Å². The lowest BCUT2D eigenvalue weighted by atomic mass is 9.94. The Morgan fingerprint density at radius 1 is 0.886 bits per heavy atom. The van der Waals surface area contributed by atoms with Crippen LogP contribution in [0.4, 0.5) is 5.69 Å². The minimum atomic E-state index is -1.16. The maximum absolute atomic E-state index is 13.2. The van der Waals surface area contributed by atoms with Gasteiger partial charge in [0.1, 0.15) is 10.8 Å². The van der Waals surface area contributed by atoms with Crippen molar-refractivity contribution in [3.63, 3.8) is 0 Å². The summed E-state index contributed by atoms with van der Waals surface area (Å²) in [6, 6.07) is 20.6. The number of aromatic nitrogens is 1. The van der Waals surface area contributed by atoms with E-state index in [2.05, 4.69) is 4.98 Å². The van der Waals surface area contributed by atoms with E-state index in [-0.39, 0.29) is 22.6 Å². The van der Waals surface area contributed by atoms with Gasteiger partial charge in [0, 0.05) is 28.4 Å². The van der Waals surface area contributed by atoms with Gasteiger partial charge in [-0.25, -0.2) is 9.78 Å². The van der Waals surface area contributed by atoms with Crippen LogP contribution in [0.15, 0.2) is 96.0 Å². The van der Waals surface area contributed by atoms with Crippen molar-refractivity contribution in [2.75, 3.05) is 4.90 Å². The zero-order valence-corrected chi connectivity index (χ0v) is 19.0. The summed E-state index contributed by atoms with van der Waals surface area (Å²) in [6.45, 7) is 0. The van der Waals surface area contributed by atoms with Crippen molar-refractivity contribution in [1.82, 2.24) is 4.98 Å². The van der Waals surface area contributed by atoms with E-state index in [0.29, 0.717) is 11.1 Å². The summed E-state index contributed by atoms with van der Waals surface area (Å²) in [6.07, 6.45) is 1.71. The molecule has 0 saturated carbocycles. The van der Waals surface area contributed by atoms with Gasteiger partial charge in [0.05, 0.1) is 17.2 Å². The van der Waals surface area contributed by atoms with Gasteiger partial charge in [0.25, 0.3) is 11.7 Å². The number of carboxylic acids is 1. The number of amides is 1. The predicted molar refractivity (Wildman–Crippen MR) is 132 cm³/mol. The van der Waals surface area contributed by atoms with E-state index >= 15 is 0 Å². The lowest BCUT2D eigenvalue weighted by Crippen LogP contribution is -2.29. The zero-order chi connectivity index (χ0) is 24.5. The Kier molecular flexibility index (Phi) is 5.72. The van der Waals surface area contributed by atoms with Crippen molar-refractivity contribution in [1.29, 1.82) is 0 Å². The van der Waals surface area contributed by atoms with Gasteiger partial charge < -0.3 is 10.2 Å². The van der Waals surface area contributed by atoms with Crippen molar-refractivity contribution >= 4 is 40.4 Å². The minimum Gasteiger partial charge on any atom is -0.507 e. The molecule has 4 aromatic rings. The van der Waals surface area contributed by atoms with Crippen LogP contribution in [0.5, 0.6) is 0 Å². The molecule has 0 spiro atoms. The third-order valence-corrected chi connectivity index (χ3v) is 6.59. The second-order valence-electron chi connectivity index (χ2n) is 7.85. The monoisotopic (exact) mass is 482 g/mol. The third kappa shape index (κ3) is 4.00. The molecule has 0 radical (unpaired) electrons. The number of carbonyl (C=O) groups is 3. The number of anilines is 1. The Balaban J connectivity index is 1.69. The molecule has 3 aromatic carbocycles. The third-order valence-electron chi connectivity index (χ3n) is 5.77. The van der Waals surface area contributed by atoms with Gasteiger partial charge in [0.15, 0.2) is 0 Å². The molecule has 8 heteroatoms. The smallest absolute Gasteiger partial charge is 0.335 e. The maximum Gasteiger partial charge on any atom is 0.335 e. The number of ketones is 1. The van der Waals surface area contributed by atoms with Crippen LogP contribution >= 0.6 is 11.3 Å². The summed E-state index contributed by atoms with van der Waals surface area (Å²) in [7, 11) is 0. The van der Waals surface area contributed by atoms with Gasteiger partial charge in [-0.3, -0.25) is 14.5 Å². The quantitative estimate of drug-likeness (QED) is 0.232. The lowest BCUT2D eigenvalue weighted by Gasteiger charge is -2.26. The molecular weight excluding hydrogens is 464 g/mol. The summed E-state index contributed by atoms with van der Waals surface area (Å²) in [5.41, 5.74) is 2.01. The molecule has 1 fully saturated rings. The van der Waals surface area contributed by atoms with Crippen LogP contribution in [0.25, 0.3) is 16.3 Å². The van der Waals surface area contributed by atoms with E-state index in [4.69, 9.17) is 0 Å². The highest BCUT2D eigenvalue weighted by molar-refractivity contribution is 7.13. The number of rotatable bonds is 5. The second-order valence-corrected chi connectivity index (χ2v) is 8.74. The van der Waals surface area contributed by atoms with Gasteiger partial charge in [-0.05, 0) is 23.8 Å². The number of benzene rings is 3. The molecule has 0 aliphatic carbocycles. The van der Waals surface area contributed by atoms with Crippen LogP contribution in [0.1, 0.15) is 27.5 Å². The van der Waals surface area contributed by atoms with Crippen molar-refractivity contribution in [2.45, 2.75) is 6.04 Å². The number of Topliss-reactive ketones (excluding diaryl/α,β-unsaturated/α-hetero) is 1. The molecule has 2 heterocycles. The molecule has 7 nitrogen and oxygen atoms in total. The van der Waals surface area contributed by atoms with Crippen LogP contribution in [0.2, 0.25) is 0 Å². The first-order valence-corrected chi connectivity index (χ1v) is 11.5. The highest BCUT2D eigenvalue weighted by atomic mass is 32.1. The molecule has 2 N–H and O–H groups in total. The molecule has 1 saturated heterocycles. The second kappa shape index (κ2) is 9.00. The Morgan fingerprint density at radius 3 is 2.26 bits per heavy atom. The normalized spacial score (nSPS) is 17.0. The van der Waals surface area contributed by atoms with Gasteiger partial charge in [0.2, 0.25) is 0 Å². The van der Waals surface area contributed by atoms with Crippen molar-refractivity contribution in [3.8, 4) is 10.6 Å². The summed E-state index contributed by atoms with van der Waals surface area (Å²) in [4.78, 5) is 43.6. The number of aliphatic hydroxyl groups is 1. The Labute approximate surface area is 204 Å². The van der Waals surface area contributed by atoms with Crippen molar-refractivity contribution < 1.29 is 24.6 Å². The summed E-state index contributed by atoms with van der Waals surface area (Å²) in [5, 5.41) is 23.3. The molecular formula is C27H18N2O5S. The lowest BCUT2D eigenvalue weighted by molar-refractivity contribution is -0.132. The largest absolute Gasteiger partial charge is 0.507 e. The van der Waals surface area contributed by atoms with E-state index in [1.54, 1.807) is 54.7 Å². The molecule has 1 aliphatic heterocycles. The highest BCUT2D eigenvalue weighted by Gasteiger charge is 2.47. The number of aliphatic hydroxyl groups excluding tert-OH is 1. The summed E-state index contributed by atoms with van der Waals surface area (Å²) < 4.78 is 0. The first-order chi connectivity index (χ1) is 17.0. The molecule has 1 unspecified atom stereocenters. The van der Waals surface area contributed by atoms with Crippen LogP contribution in [0, 0.1) is 0 Å². The minimum absolute atomic E-state index is 0.0228. The van der Waals surface area contributed by atoms with Crippen LogP contribution < -0.4 is 4.90 Å². The Morgan fingerprint density at radius 2 is 1.60 bits per heavy atom. The fraction of sp³-hybridized carbons (Fsp3) is 0.0370. The van der Waals surface area contributed by atoms with E-state index < -0.39 is 23.7 Å². The van der Waals surface area contributed by atoms with E-state index in [1.807, 2.05) is 17.5 Å². The molecule has 1 aliphatic rings. The van der Waals surface area contributed by atoms with Gasteiger partial charge in [-0.15, -0.1) is 11.3 Å². The van der Waals surface area contributed by atoms with E-state index in [1.165, 1.54) is 34.4 Å². The maximum atomic E-state index is 13.2. The first kappa shape index (κ1) is 22.2. The van der Waals surface area contributed by atoms with E-state index in [9.17, 15) is 24.6 Å². The number of hydrogen-bond acceptors (Lipinski definition) is 6. The Bertz CT molecular complexity index is 1460. The summed E-state index contributed by atoms with van der Waals surface area (Å²) in [5.74, 6) is -3.15. The fourth-order valence-electron chi connectivity index (χ4n) is 4.13. The standard InChI is InChI=1S/C27H18N2O5S/c30-23(17-5-2-1-3-6-17)21-22(16-9-11-18(12-10-16)25-28-13-14-35-25)29(26(32)24(21)31)20-8-4-7-19(15-20)27(33)34/h1-15,22,30H,(H,33,34)/b23-21+. The zero-order valence-electron chi connectivity index (χ0n) is 18.2. The first-order valence-electron chi connectivity index (χ1n) is 10.7. The molecule has 5 rings (SSSR count). The molecule has 0 bridgehead atoms. The number of carboxylic acid groups (broad SMARTS) is 1. The fourth-order valence-corrected chi connectivity index (χ4v) is 4.77. The number of carbonyl (C=O) groups excluding carboxylic acids is 2. The van der Waals surface area contributed by atoms with Gasteiger partial charge >= 0.3 is 5.97 Å². The average molecular weight is 483 g/mol. The Hall–Kier alpha value is -4.56. The molecule has 1 aromatic heterocycles. The number of thiazole rings is 1. The number of hydrogen-bond donors (Lipinski definition) is 2. The average Bonchev–Trinajstić information content (AvgIpc) is 3.52. The van der Waals surface area contributed by atoms with Gasteiger partial charge in [-0.2, -0.15) is 0 Å².